The van der Waals surface area contributed by atoms with Crippen LogP contribution < -0.4 is 10.1 Å². The molecule has 2 N–H and O–H groups in total. The Morgan fingerprint density at radius 1 is 1.26 bits per heavy atom. The van der Waals surface area contributed by atoms with Crippen molar-refractivity contribution in [1.29, 1.82) is 0 Å². The number of fused-ring (bicyclic) bond motifs is 1. The second kappa shape index (κ2) is 6.50. The van der Waals surface area contributed by atoms with Gasteiger partial charge in [-0.1, -0.05) is 32.0 Å². The fourth-order valence-electron chi connectivity index (χ4n) is 2.01. The maximum absolute atomic E-state index is 9.31. The summed E-state index contributed by atoms with van der Waals surface area (Å²) in [5.41, 5.74) is 0.853. The maximum Gasteiger partial charge on any atom is 0.145 e. The van der Waals surface area contributed by atoms with Crippen LogP contribution in [0.3, 0.4) is 0 Å². The van der Waals surface area contributed by atoms with Gasteiger partial charge in [-0.05, 0) is 12.1 Å². The van der Waals surface area contributed by atoms with E-state index in [0.717, 1.165) is 16.7 Å². The van der Waals surface area contributed by atoms with Gasteiger partial charge in [0, 0.05) is 17.6 Å². The average Bonchev–Trinajstić information content (AvgIpc) is 2.43. The number of ether oxygens (including phenoxy) is 1. The molecule has 0 aliphatic carbocycles. The number of nitrogens with zero attached hydrogens (tertiary/aromatic N) is 1. The Morgan fingerprint density at radius 2 is 2.05 bits per heavy atom. The molecule has 0 aliphatic rings. The van der Waals surface area contributed by atoms with E-state index < -0.39 is 0 Å². The lowest BCUT2D eigenvalue weighted by molar-refractivity contribution is 0.178. The number of rotatable bonds is 6. The van der Waals surface area contributed by atoms with E-state index in [1.807, 2.05) is 44.2 Å². The van der Waals surface area contributed by atoms with E-state index in [-0.39, 0.29) is 12.6 Å². The van der Waals surface area contributed by atoms with Crippen molar-refractivity contribution in [1.82, 2.24) is 10.3 Å². The Hall–Kier alpha value is -1.65. The molecule has 0 saturated carbocycles. The summed E-state index contributed by atoms with van der Waals surface area (Å²) >= 11 is 0. The molecule has 0 bridgehead atoms. The number of nitrogens with one attached hydrogen (secondary N) is 1. The first-order valence-electron chi connectivity index (χ1n) is 6.54. The summed E-state index contributed by atoms with van der Waals surface area (Å²) < 4.78 is 5.79. The quantitative estimate of drug-likeness (QED) is 0.834. The van der Waals surface area contributed by atoms with E-state index in [0.29, 0.717) is 12.6 Å². The van der Waals surface area contributed by atoms with Gasteiger partial charge in [-0.3, -0.25) is 4.98 Å². The van der Waals surface area contributed by atoms with Crippen molar-refractivity contribution in [2.45, 2.75) is 25.9 Å². The molecule has 1 heterocycles. The highest BCUT2D eigenvalue weighted by Gasteiger charge is 2.10. The van der Waals surface area contributed by atoms with Crippen molar-refractivity contribution in [3.8, 4) is 5.75 Å². The van der Waals surface area contributed by atoms with Gasteiger partial charge in [0.25, 0.3) is 0 Å². The van der Waals surface area contributed by atoms with Gasteiger partial charge in [0.2, 0.25) is 0 Å². The standard InChI is InChI=1S/C15H20N2O2/c1-11(2)17-13(9-18)10-19-14-7-3-5-12-6-4-8-16-15(12)14/h3-8,11,13,17-18H,9-10H2,1-2H3. The van der Waals surface area contributed by atoms with Gasteiger partial charge >= 0.3 is 0 Å². The number of aliphatic hydroxyl groups is 1. The van der Waals surface area contributed by atoms with Gasteiger partial charge in [-0.25, -0.2) is 0 Å². The number of hydrogen-bond donors (Lipinski definition) is 2. The van der Waals surface area contributed by atoms with Crippen molar-refractivity contribution in [3.63, 3.8) is 0 Å². The Morgan fingerprint density at radius 3 is 2.79 bits per heavy atom. The molecule has 4 nitrogen and oxygen atoms in total. The van der Waals surface area contributed by atoms with Crippen LogP contribution in [-0.4, -0.2) is 35.4 Å². The van der Waals surface area contributed by atoms with Crippen molar-refractivity contribution in [2.75, 3.05) is 13.2 Å². The van der Waals surface area contributed by atoms with E-state index in [1.165, 1.54) is 0 Å². The molecule has 2 rings (SSSR count). The SMILES string of the molecule is CC(C)NC(CO)COc1cccc2cccnc12. The summed E-state index contributed by atoms with van der Waals surface area (Å²) in [5.74, 6) is 0.752. The number of benzene rings is 1. The van der Waals surface area contributed by atoms with E-state index in [2.05, 4.69) is 10.3 Å². The first-order chi connectivity index (χ1) is 9.20. The number of hydrogen-bond acceptors (Lipinski definition) is 4. The van der Waals surface area contributed by atoms with Gasteiger partial charge in [0.15, 0.2) is 0 Å². The molecular formula is C15H20N2O2. The smallest absolute Gasteiger partial charge is 0.145 e. The molecule has 19 heavy (non-hydrogen) atoms. The minimum Gasteiger partial charge on any atom is -0.490 e. The molecule has 1 atom stereocenters. The minimum absolute atomic E-state index is 0.0520. The van der Waals surface area contributed by atoms with Gasteiger partial charge in [0.1, 0.15) is 17.9 Å². The van der Waals surface area contributed by atoms with E-state index in [1.54, 1.807) is 6.20 Å². The molecule has 1 aromatic carbocycles. The molecule has 0 saturated heterocycles. The third-order valence-electron chi connectivity index (χ3n) is 2.83. The zero-order valence-electron chi connectivity index (χ0n) is 11.3. The van der Waals surface area contributed by atoms with E-state index in [4.69, 9.17) is 4.74 Å². The number of aromatic nitrogens is 1. The maximum atomic E-state index is 9.31. The Bertz CT molecular complexity index is 523. The van der Waals surface area contributed by atoms with Crippen LogP contribution in [0.5, 0.6) is 5.75 Å². The molecular weight excluding hydrogens is 240 g/mol. The van der Waals surface area contributed by atoms with Crippen LogP contribution in [0.2, 0.25) is 0 Å². The highest BCUT2D eigenvalue weighted by atomic mass is 16.5. The van der Waals surface area contributed by atoms with Crippen molar-refractivity contribution in [3.05, 3.63) is 36.5 Å². The molecule has 102 valence electrons. The molecule has 0 fully saturated rings. The number of pyridine rings is 1. The summed E-state index contributed by atoms with van der Waals surface area (Å²) in [7, 11) is 0. The predicted molar refractivity (Wildman–Crippen MR) is 76.4 cm³/mol. The topological polar surface area (TPSA) is 54.4 Å². The van der Waals surface area contributed by atoms with Crippen molar-refractivity contribution >= 4 is 10.9 Å². The van der Waals surface area contributed by atoms with Crippen LogP contribution in [0.4, 0.5) is 0 Å². The minimum atomic E-state index is -0.0704. The number of aliphatic hydroxyl groups excluding tert-OH is 1. The molecule has 1 unspecified atom stereocenters. The zero-order valence-corrected chi connectivity index (χ0v) is 11.3. The van der Waals surface area contributed by atoms with Crippen LogP contribution in [0.25, 0.3) is 10.9 Å². The molecule has 0 spiro atoms. The lowest BCUT2D eigenvalue weighted by atomic mass is 10.2. The van der Waals surface area contributed by atoms with Crippen LogP contribution in [-0.2, 0) is 0 Å². The van der Waals surface area contributed by atoms with Crippen molar-refractivity contribution in [2.24, 2.45) is 0 Å². The summed E-state index contributed by atoms with van der Waals surface area (Å²) in [5, 5.41) is 13.6. The normalized spacial score (nSPS) is 12.8. The van der Waals surface area contributed by atoms with E-state index in [9.17, 15) is 5.11 Å². The largest absolute Gasteiger partial charge is 0.490 e. The third kappa shape index (κ3) is 3.66. The van der Waals surface area contributed by atoms with Crippen LogP contribution in [0.1, 0.15) is 13.8 Å². The van der Waals surface area contributed by atoms with Crippen LogP contribution >= 0.6 is 0 Å². The van der Waals surface area contributed by atoms with Crippen LogP contribution in [0.15, 0.2) is 36.5 Å². The van der Waals surface area contributed by atoms with Gasteiger partial charge in [-0.2, -0.15) is 0 Å². The fourth-order valence-corrected chi connectivity index (χ4v) is 2.01. The third-order valence-corrected chi connectivity index (χ3v) is 2.83. The Labute approximate surface area is 113 Å². The molecule has 0 amide bonds. The second-order valence-electron chi connectivity index (χ2n) is 4.84. The zero-order chi connectivity index (χ0) is 13.7. The summed E-state index contributed by atoms with van der Waals surface area (Å²) in [6.07, 6.45) is 1.76. The molecule has 1 aromatic heterocycles. The van der Waals surface area contributed by atoms with Crippen molar-refractivity contribution < 1.29 is 9.84 Å². The molecule has 0 aliphatic heterocycles. The summed E-state index contributed by atoms with van der Waals surface area (Å²) in [4.78, 5) is 4.34. The van der Waals surface area contributed by atoms with Gasteiger partial charge in [0.05, 0.1) is 12.6 Å². The lowest BCUT2D eigenvalue weighted by Crippen LogP contribution is -2.41. The van der Waals surface area contributed by atoms with Crippen LogP contribution in [0, 0.1) is 0 Å². The van der Waals surface area contributed by atoms with Gasteiger partial charge < -0.3 is 15.2 Å². The highest BCUT2D eigenvalue weighted by Crippen LogP contribution is 2.22. The van der Waals surface area contributed by atoms with E-state index >= 15 is 0 Å². The summed E-state index contributed by atoms with van der Waals surface area (Å²) in [6, 6.07) is 10.0. The first-order valence-corrected chi connectivity index (χ1v) is 6.54. The molecule has 4 heteroatoms. The molecule has 0 radical (unpaired) electrons. The Kier molecular flexibility index (Phi) is 4.71. The van der Waals surface area contributed by atoms with Gasteiger partial charge in [-0.15, -0.1) is 0 Å². The monoisotopic (exact) mass is 260 g/mol. The predicted octanol–water partition coefficient (Wildman–Crippen LogP) is 1.97. The lowest BCUT2D eigenvalue weighted by Gasteiger charge is -2.19. The fraction of sp³-hybridized carbons (Fsp3) is 0.400. The second-order valence-corrected chi connectivity index (χ2v) is 4.84. The first kappa shape index (κ1) is 13.8. The summed E-state index contributed by atoms with van der Waals surface area (Å²) in [6.45, 7) is 4.56. The Balaban J connectivity index is 2.09. The highest BCUT2D eigenvalue weighted by molar-refractivity contribution is 5.84. The number of para-hydroxylation sites is 1. The molecule has 2 aromatic rings. The average molecular weight is 260 g/mol.